The van der Waals surface area contributed by atoms with Crippen LogP contribution in [0, 0.1) is 39.3 Å². The van der Waals surface area contributed by atoms with Gasteiger partial charge in [0.15, 0.2) is 0 Å². The maximum absolute atomic E-state index is 12.0. The Kier molecular flexibility index (Phi) is 11.2. The second kappa shape index (κ2) is 14.4. The van der Waals surface area contributed by atoms with Gasteiger partial charge in [-0.05, 0) is 75.2 Å². The van der Waals surface area contributed by atoms with Crippen molar-refractivity contribution in [2.45, 2.75) is 40.5 Å². The number of hydrogen-bond donors (Lipinski definition) is 2. The van der Waals surface area contributed by atoms with E-state index in [1.54, 1.807) is 0 Å². The maximum Gasteiger partial charge on any atom is 2.00 e. The molecule has 0 aliphatic carbocycles. The molecular weight excluding hydrogens is 594 g/mol. The van der Waals surface area contributed by atoms with Gasteiger partial charge in [0, 0.05) is 0 Å². The Balaban J connectivity index is 0.000000223. The Hall–Kier alpha value is -3.56. The van der Waals surface area contributed by atoms with Crippen LogP contribution < -0.4 is 0 Å². The summed E-state index contributed by atoms with van der Waals surface area (Å²) in [7, 11) is 0. The summed E-state index contributed by atoms with van der Waals surface area (Å²) in [5.74, 6) is -0.483. The minimum Gasteiger partial charge on any atom is -0.508 e. The molecule has 0 aromatic heterocycles. The summed E-state index contributed by atoms with van der Waals surface area (Å²) in [6, 6.07) is 28.5. The van der Waals surface area contributed by atoms with E-state index in [1.807, 2.05) is 0 Å². The van der Waals surface area contributed by atoms with E-state index in [2.05, 4.69) is 76.2 Å². The van der Waals surface area contributed by atoms with Gasteiger partial charge in [0.2, 0.25) is 0 Å². The van der Waals surface area contributed by atoms with Crippen molar-refractivity contribution in [2.24, 2.45) is 0 Å². The predicted octanol–water partition coefficient (Wildman–Crippen LogP) is 9.51. The van der Waals surface area contributed by atoms with Crippen molar-refractivity contribution in [2.75, 3.05) is 0 Å². The first-order chi connectivity index (χ1) is 19.1. The molecule has 0 spiro atoms. The topological polar surface area (TPSA) is 40.5 Å². The molecule has 41 heavy (non-hydrogen) atoms. The van der Waals surface area contributed by atoms with E-state index in [4.69, 9.17) is 10.2 Å². The SMILES string of the molecule is Cc1ccc(C)c2[cH-]c(CCc3cc4c(C)ccc(C)c4[cH-]3)cc12.Oc1ccc(F)cc1.Oc1ccc(F)cc1.[Zr+2]. The number of rotatable bonds is 3. The Labute approximate surface area is 259 Å². The van der Waals surface area contributed by atoms with Crippen LogP contribution in [0.15, 0.2) is 97.1 Å². The molecule has 0 saturated heterocycles. The van der Waals surface area contributed by atoms with Crippen molar-refractivity contribution < 1.29 is 45.2 Å². The molecule has 0 aliphatic rings. The summed E-state index contributed by atoms with van der Waals surface area (Å²) in [6.07, 6.45) is 2.23. The number of fused-ring (bicyclic) bond motifs is 2. The first kappa shape index (κ1) is 32.0. The zero-order valence-electron chi connectivity index (χ0n) is 23.8. The first-order valence-corrected chi connectivity index (χ1v) is 13.3. The Bertz CT molecular complexity index is 1460. The summed E-state index contributed by atoms with van der Waals surface area (Å²) >= 11 is 0. The molecule has 0 bridgehead atoms. The van der Waals surface area contributed by atoms with Crippen molar-refractivity contribution in [1.82, 2.24) is 0 Å². The average molecular weight is 628 g/mol. The van der Waals surface area contributed by atoms with E-state index in [0.717, 1.165) is 12.8 Å². The van der Waals surface area contributed by atoms with Gasteiger partial charge in [0.1, 0.15) is 23.1 Å². The molecule has 0 atom stereocenters. The predicted molar refractivity (Wildman–Crippen MR) is 162 cm³/mol. The first-order valence-electron chi connectivity index (χ1n) is 13.3. The van der Waals surface area contributed by atoms with Crippen molar-refractivity contribution in [3.05, 3.63) is 142 Å². The molecule has 2 nitrogen and oxygen atoms in total. The van der Waals surface area contributed by atoms with Crippen molar-refractivity contribution in [1.29, 1.82) is 0 Å². The standard InChI is InChI=1S/C24H24.2C6H5FO.Zr/c1-15-5-6-16(2)22-12-19(11-21(15)22)9-10-20-13-23-17(3)7-8-18(4)24(23)14-20;2*7-5-1-3-6(8)4-2-5;/h5-8,11-14H,9-10H2,1-4H3;2*1-4,8H;/q-2;;;+2. The van der Waals surface area contributed by atoms with Gasteiger partial charge >= 0.3 is 26.2 Å². The third-order valence-electron chi connectivity index (χ3n) is 7.12. The van der Waals surface area contributed by atoms with Gasteiger partial charge in [-0.15, -0.1) is 68.1 Å². The third-order valence-corrected chi connectivity index (χ3v) is 7.12. The molecule has 0 amide bonds. The minimum absolute atomic E-state index is 0. The van der Waals surface area contributed by atoms with E-state index in [9.17, 15) is 8.78 Å². The van der Waals surface area contributed by atoms with Crippen LogP contribution in [0.4, 0.5) is 8.78 Å². The molecule has 208 valence electrons. The number of hydrogen-bond acceptors (Lipinski definition) is 2. The van der Waals surface area contributed by atoms with Gasteiger partial charge in [-0.25, -0.2) is 8.78 Å². The van der Waals surface area contributed by atoms with E-state index < -0.39 is 0 Å². The van der Waals surface area contributed by atoms with E-state index in [1.165, 1.54) is 103 Å². The fraction of sp³-hybridized carbons (Fsp3) is 0.167. The number of phenolic OH excluding ortho intramolecular Hbond substituents is 2. The average Bonchev–Trinajstić information content (AvgIpc) is 3.58. The number of benzene rings is 4. The largest absolute Gasteiger partial charge is 2.00 e. The van der Waals surface area contributed by atoms with Gasteiger partial charge < -0.3 is 10.2 Å². The number of halogens is 2. The zero-order valence-corrected chi connectivity index (χ0v) is 26.3. The monoisotopic (exact) mass is 626 g/mol. The smallest absolute Gasteiger partial charge is 0.508 e. The minimum atomic E-state index is -0.331. The molecule has 6 rings (SSSR count). The summed E-state index contributed by atoms with van der Waals surface area (Å²) in [4.78, 5) is 0. The molecule has 0 aliphatic heterocycles. The van der Waals surface area contributed by atoms with Crippen LogP contribution in [0.5, 0.6) is 11.5 Å². The van der Waals surface area contributed by atoms with Gasteiger partial charge in [0.25, 0.3) is 0 Å². The van der Waals surface area contributed by atoms with Crippen LogP contribution in [-0.2, 0) is 39.0 Å². The van der Waals surface area contributed by atoms with Crippen molar-refractivity contribution >= 4 is 21.5 Å². The van der Waals surface area contributed by atoms with Gasteiger partial charge in [-0.1, -0.05) is 37.1 Å². The van der Waals surface area contributed by atoms with Crippen LogP contribution >= 0.6 is 0 Å². The molecule has 0 unspecified atom stereocenters. The summed E-state index contributed by atoms with van der Waals surface area (Å²) in [5.41, 5.74) is 8.45. The van der Waals surface area contributed by atoms with E-state index >= 15 is 0 Å². The van der Waals surface area contributed by atoms with Crippen LogP contribution in [0.2, 0.25) is 0 Å². The molecule has 5 heteroatoms. The zero-order chi connectivity index (χ0) is 28.8. The Morgan fingerprint density at radius 1 is 0.512 bits per heavy atom. The maximum atomic E-state index is 12.0. The molecule has 0 fully saturated rings. The summed E-state index contributed by atoms with van der Waals surface area (Å²) < 4.78 is 24.0. The third kappa shape index (κ3) is 8.47. The van der Waals surface area contributed by atoms with Crippen LogP contribution in [0.1, 0.15) is 33.4 Å². The number of phenols is 2. The number of aryl methyl sites for hydroxylation is 6. The molecule has 0 heterocycles. The normalized spacial score (nSPS) is 10.4. The Morgan fingerprint density at radius 2 is 0.829 bits per heavy atom. The molecule has 2 N–H and O–H groups in total. The Morgan fingerprint density at radius 3 is 1.12 bits per heavy atom. The van der Waals surface area contributed by atoms with Gasteiger partial charge in [-0.2, -0.15) is 12.1 Å². The molecular formula is C36H34F2O2Zr. The second-order valence-electron chi connectivity index (χ2n) is 10.2. The van der Waals surface area contributed by atoms with E-state index in [-0.39, 0.29) is 49.3 Å². The molecule has 0 saturated carbocycles. The summed E-state index contributed by atoms with van der Waals surface area (Å²) in [5, 5.41) is 22.9. The van der Waals surface area contributed by atoms with E-state index in [0.29, 0.717) is 0 Å². The molecule has 0 radical (unpaired) electrons. The second-order valence-corrected chi connectivity index (χ2v) is 10.2. The quantitative estimate of drug-likeness (QED) is 0.192. The molecule has 6 aromatic carbocycles. The van der Waals surface area contributed by atoms with Crippen LogP contribution in [0.25, 0.3) is 21.5 Å². The summed E-state index contributed by atoms with van der Waals surface area (Å²) in [6.45, 7) is 8.84. The van der Waals surface area contributed by atoms with Crippen LogP contribution in [0.3, 0.4) is 0 Å². The fourth-order valence-corrected chi connectivity index (χ4v) is 4.76. The van der Waals surface area contributed by atoms with Gasteiger partial charge in [0.05, 0.1) is 0 Å². The van der Waals surface area contributed by atoms with Crippen LogP contribution in [-0.4, -0.2) is 10.2 Å². The number of aromatic hydroxyl groups is 2. The molecule has 6 aromatic rings. The van der Waals surface area contributed by atoms with Crippen molar-refractivity contribution in [3.63, 3.8) is 0 Å². The van der Waals surface area contributed by atoms with Gasteiger partial charge in [-0.3, -0.25) is 0 Å². The van der Waals surface area contributed by atoms with Crippen molar-refractivity contribution in [3.8, 4) is 11.5 Å². The fourth-order valence-electron chi connectivity index (χ4n) is 4.76.